The van der Waals surface area contributed by atoms with Gasteiger partial charge < -0.3 is 10.6 Å². The van der Waals surface area contributed by atoms with E-state index in [1.807, 2.05) is 0 Å². The number of halogens is 2. The molecule has 0 aliphatic rings. The molecule has 0 spiro atoms. The molecule has 0 aliphatic heterocycles. The third-order valence-electron chi connectivity index (χ3n) is 2.96. The lowest BCUT2D eigenvalue weighted by atomic mass is 10.1. The van der Waals surface area contributed by atoms with Crippen molar-refractivity contribution in [1.82, 2.24) is 10.3 Å². The normalized spacial score (nSPS) is 10.7. The summed E-state index contributed by atoms with van der Waals surface area (Å²) in [7, 11) is 0. The molecule has 0 radical (unpaired) electrons. The van der Waals surface area contributed by atoms with E-state index < -0.39 is 23.1 Å². The molecule has 0 aliphatic carbocycles. The highest BCUT2D eigenvalue weighted by atomic mass is 19.1. The van der Waals surface area contributed by atoms with Crippen LogP contribution in [0.25, 0.3) is 0 Å². The highest BCUT2D eigenvalue weighted by molar-refractivity contribution is 5.99. The van der Waals surface area contributed by atoms with Gasteiger partial charge in [-0.25, -0.2) is 13.8 Å². The Labute approximate surface area is 132 Å². The van der Waals surface area contributed by atoms with Gasteiger partial charge in [-0.05, 0) is 38.1 Å². The van der Waals surface area contributed by atoms with Gasteiger partial charge in [0.1, 0.15) is 17.5 Å². The number of carbonyl (C=O) groups is 1. The second-order valence-electron chi connectivity index (χ2n) is 5.41. The predicted octanol–water partition coefficient (Wildman–Crippen LogP) is 3.25. The summed E-state index contributed by atoms with van der Waals surface area (Å²) in [4.78, 5) is 16.4. The monoisotopic (exact) mass is 315 g/mol. The maximum Gasteiger partial charge on any atom is 0.256 e. The number of hydrogen-bond acceptors (Lipinski definition) is 3. The molecule has 118 valence electrons. The number of pyridine rings is 1. The quantitative estimate of drug-likeness (QED) is 0.852. The number of carbonyl (C=O) groups excluding carboxylic acids is 1. The van der Waals surface area contributed by atoms with Crippen LogP contribution >= 0.6 is 0 Å². The molecule has 2 N–H and O–H groups in total. The Hall–Kier alpha value is -2.94. The van der Waals surface area contributed by atoms with E-state index in [1.165, 1.54) is 12.3 Å². The van der Waals surface area contributed by atoms with Gasteiger partial charge in [-0.3, -0.25) is 4.79 Å². The molecule has 23 heavy (non-hydrogen) atoms. The van der Waals surface area contributed by atoms with Crippen molar-refractivity contribution in [3.8, 4) is 12.3 Å². The van der Waals surface area contributed by atoms with Crippen LogP contribution in [-0.4, -0.2) is 16.4 Å². The zero-order valence-corrected chi connectivity index (χ0v) is 12.7. The van der Waals surface area contributed by atoms with Crippen molar-refractivity contribution in [2.45, 2.75) is 19.4 Å². The van der Waals surface area contributed by atoms with E-state index in [2.05, 4.69) is 21.5 Å². The summed E-state index contributed by atoms with van der Waals surface area (Å²) in [6.07, 6.45) is 6.81. The molecule has 1 aromatic carbocycles. The van der Waals surface area contributed by atoms with Gasteiger partial charge in [-0.2, -0.15) is 0 Å². The standard InChI is InChI=1S/C17H15F2N3O/c1-4-17(2,3)22-16(23)14-6-5-7-20-15(14)21-13-9-11(18)8-12(19)10-13/h1,5-10H,2-3H3,(H,20,21)(H,22,23). The summed E-state index contributed by atoms with van der Waals surface area (Å²) >= 11 is 0. The summed E-state index contributed by atoms with van der Waals surface area (Å²) in [5, 5.41) is 5.40. The lowest BCUT2D eigenvalue weighted by Gasteiger charge is -2.20. The molecular formula is C17H15F2N3O. The Bertz CT molecular complexity index is 761. The van der Waals surface area contributed by atoms with Crippen LogP contribution in [0.4, 0.5) is 20.3 Å². The third-order valence-corrected chi connectivity index (χ3v) is 2.96. The van der Waals surface area contributed by atoms with Gasteiger partial charge in [0.05, 0.1) is 11.1 Å². The lowest BCUT2D eigenvalue weighted by Crippen LogP contribution is -2.42. The van der Waals surface area contributed by atoms with Crippen LogP contribution in [-0.2, 0) is 0 Å². The SMILES string of the molecule is C#CC(C)(C)NC(=O)c1cccnc1Nc1cc(F)cc(F)c1. The fourth-order valence-corrected chi connectivity index (χ4v) is 1.84. The predicted molar refractivity (Wildman–Crippen MR) is 84.3 cm³/mol. The number of benzene rings is 1. The number of anilines is 2. The Kier molecular flexibility index (Phi) is 4.60. The number of nitrogens with zero attached hydrogens (tertiary/aromatic N) is 1. The van der Waals surface area contributed by atoms with Gasteiger partial charge in [0.2, 0.25) is 0 Å². The van der Waals surface area contributed by atoms with E-state index in [-0.39, 0.29) is 17.1 Å². The first-order valence-corrected chi connectivity index (χ1v) is 6.79. The average molecular weight is 315 g/mol. The summed E-state index contributed by atoms with van der Waals surface area (Å²) < 4.78 is 26.5. The van der Waals surface area contributed by atoms with Gasteiger partial charge in [0.25, 0.3) is 5.91 Å². The van der Waals surface area contributed by atoms with Crippen molar-refractivity contribution in [2.24, 2.45) is 0 Å². The van der Waals surface area contributed by atoms with Crippen molar-refractivity contribution in [1.29, 1.82) is 0 Å². The summed E-state index contributed by atoms with van der Waals surface area (Å²) in [6, 6.07) is 6.07. The highest BCUT2D eigenvalue weighted by Crippen LogP contribution is 2.21. The van der Waals surface area contributed by atoms with Gasteiger partial charge in [-0.1, -0.05) is 5.92 Å². The second-order valence-corrected chi connectivity index (χ2v) is 5.41. The second kappa shape index (κ2) is 6.44. The van der Waals surface area contributed by atoms with E-state index in [0.717, 1.165) is 18.2 Å². The number of nitrogens with one attached hydrogen (secondary N) is 2. The van der Waals surface area contributed by atoms with E-state index in [0.29, 0.717) is 0 Å². The fourth-order valence-electron chi connectivity index (χ4n) is 1.84. The van der Waals surface area contributed by atoms with Crippen LogP contribution < -0.4 is 10.6 Å². The number of amides is 1. The molecule has 0 unspecified atom stereocenters. The molecule has 4 nitrogen and oxygen atoms in total. The summed E-state index contributed by atoms with van der Waals surface area (Å²) in [5.41, 5.74) is -0.484. The largest absolute Gasteiger partial charge is 0.339 e. The molecule has 2 aromatic rings. The van der Waals surface area contributed by atoms with Crippen molar-refractivity contribution < 1.29 is 13.6 Å². The van der Waals surface area contributed by atoms with Crippen LogP contribution in [0.5, 0.6) is 0 Å². The molecule has 1 aromatic heterocycles. The molecule has 0 saturated carbocycles. The lowest BCUT2D eigenvalue weighted by molar-refractivity contribution is 0.0930. The van der Waals surface area contributed by atoms with E-state index in [9.17, 15) is 13.6 Å². The number of aromatic nitrogens is 1. The molecule has 0 atom stereocenters. The Morgan fingerprint density at radius 2 is 1.91 bits per heavy atom. The van der Waals surface area contributed by atoms with Gasteiger partial charge in [-0.15, -0.1) is 6.42 Å². The molecule has 0 bridgehead atoms. The number of rotatable bonds is 4. The molecule has 1 amide bonds. The first kappa shape index (κ1) is 16.4. The molecule has 0 saturated heterocycles. The van der Waals surface area contributed by atoms with Gasteiger partial charge in [0.15, 0.2) is 0 Å². The smallest absolute Gasteiger partial charge is 0.256 e. The van der Waals surface area contributed by atoms with Crippen molar-refractivity contribution in [3.63, 3.8) is 0 Å². The Morgan fingerprint density at radius 3 is 2.52 bits per heavy atom. The molecule has 1 heterocycles. The van der Waals surface area contributed by atoms with Crippen LogP contribution in [0, 0.1) is 24.0 Å². The minimum Gasteiger partial charge on any atom is -0.339 e. The maximum atomic E-state index is 13.3. The zero-order valence-electron chi connectivity index (χ0n) is 12.7. The van der Waals surface area contributed by atoms with Gasteiger partial charge >= 0.3 is 0 Å². The number of terminal acetylenes is 1. The van der Waals surface area contributed by atoms with Crippen molar-refractivity contribution in [3.05, 3.63) is 53.7 Å². The highest BCUT2D eigenvalue weighted by Gasteiger charge is 2.20. The Balaban J connectivity index is 2.31. The molecule has 6 heteroatoms. The van der Waals surface area contributed by atoms with E-state index in [4.69, 9.17) is 6.42 Å². The minimum atomic E-state index is -0.838. The van der Waals surface area contributed by atoms with Crippen LogP contribution in [0.2, 0.25) is 0 Å². The minimum absolute atomic E-state index is 0.145. The summed E-state index contributed by atoms with van der Waals surface area (Å²) in [6.45, 7) is 3.35. The van der Waals surface area contributed by atoms with Crippen LogP contribution in [0.15, 0.2) is 36.5 Å². The summed E-state index contributed by atoms with van der Waals surface area (Å²) in [5.74, 6) is 0.713. The van der Waals surface area contributed by atoms with E-state index in [1.54, 1.807) is 19.9 Å². The van der Waals surface area contributed by atoms with Crippen LogP contribution in [0.3, 0.4) is 0 Å². The fraction of sp³-hybridized carbons (Fsp3) is 0.176. The average Bonchev–Trinajstić information content (AvgIpc) is 2.46. The first-order valence-electron chi connectivity index (χ1n) is 6.79. The van der Waals surface area contributed by atoms with Gasteiger partial charge in [0, 0.05) is 18.0 Å². The third kappa shape index (κ3) is 4.27. The van der Waals surface area contributed by atoms with Crippen LogP contribution in [0.1, 0.15) is 24.2 Å². The molecule has 0 fully saturated rings. The van der Waals surface area contributed by atoms with Crippen molar-refractivity contribution >= 4 is 17.4 Å². The molecule has 2 rings (SSSR count). The maximum absolute atomic E-state index is 13.3. The topological polar surface area (TPSA) is 54.0 Å². The van der Waals surface area contributed by atoms with E-state index >= 15 is 0 Å². The first-order chi connectivity index (χ1) is 10.8. The Morgan fingerprint density at radius 1 is 1.26 bits per heavy atom. The molecular weight excluding hydrogens is 300 g/mol. The van der Waals surface area contributed by atoms with Crippen molar-refractivity contribution in [2.75, 3.05) is 5.32 Å². The number of hydrogen-bond donors (Lipinski definition) is 2. The zero-order chi connectivity index (χ0) is 17.0.